The van der Waals surface area contributed by atoms with Crippen molar-refractivity contribution >= 4 is 17.7 Å². The quantitative estimate of drug-likeness (QED) is 0.579. The molecular weight excluding hydrogens is 342 g/mol. The summed E-state index contributed by atoms with van der Waals surface area (Å²) in [6.45, 7) is 5.63. The number of amides is 1. The number of rotatable bonds is 11. The molecule has 0 aliphatic carbocycles. The van der Waals surface area contributed by atoms with Gasteiger partial charge in [-0.3, -0.25) is 4.79 Å². The van der Waals surface area contributed by atoms with Gasteiger partial charge in [-0.1, -0.05) is 55.0 Å². The number of carbonyl (C=O) groups excluding carboxylic acids is 1. The highest BCUT2D eigenvalue weighted by Crippen LogP contribution is 2.19. The van der Waals surface area contributed by atoms with E-state index in [1.165, 1.54) is 16.7 Å². The highest BCUT2D eigenvalue weighted by molar-refractivity contribution is 7.99. The number of hydrogen-bond donors (Lipinski definition) is 1. The normalized spacial score (nSPS) is 10.5. The summed E-state index contributed by atoms with van der Waals surface area (Å²) in [5, 5.41) is 3.01. The number of nitrogens with one attached hydrogen (secondary N) is 1. The molecule has 140 valence electrons. The Morgan fingerprint density at radius 2 is 1.88 bits per heavy atom. The Morgan fingerprint density at radius 1 is 1.12 bits per heavy atom. The molecule has 0 unspecified atom stereocenters. The number of ether oxygens (including phenoxy) is 1. The van der Waals surface area contributed by atoms with Gasteiger partial charge in [-0.2, -0.15) is 0 Å². The van der Waals surface area contributed by atoms with E-state index >= 15 is 0 Å². The van der Waals surface area contributed by atoms with Crippen molar-refractivity contribution in [1.82, 2.24) is 5.32 Å². The van der Waals surface area contributed by atoms with E-state index in [0.29, 0.717) is 12.3 Å². The molecule has 0 aliphatic heterocycles. The molecule has 1 amide bonds. The number of carbonyl (C=O) groups is 1. The maximum Gasteiger partial charge on any atom is 0.230 e. The molecule has 0 atom stereocenters. The van der Waals surface area contributed by atoms with Crippen LogP contribution in [0, 0.1) is 6.92 Å². The van der Waals surface area contributed by atoms with Gasteiger partial charge in [-0.25, -0.2) is 0 Å². The molecule has 0 saturated carbocycles. The van der Waals surface area contributed by atoms with Crippen LogP contribution in [0.3, 0.4) is 0 Å². The van der Waals surface area contributed by atoms with E-state index in [4.69, 9.17) is 4.74 Å². The number of aryl methyl sites for hydroxylation is 2. The molecule has 2 aromatic rings. The fraction of sp³-hybridized carbons (Fsp3) is 0.409. The average Bonchev–Trinajstić information content (AvgIpc) is 2.66. The zero-order valence-corrected chi connectivity index (χ0v) is 16.6. The second-order valence-corrected chi connectivity index (χ2v) is 7.37. The van der Waals surface area contributed by atoms with Crippen LogP contribution in [0.4, 0.5) is 0 Å². The Kier molecular flexibility index (Phi) is 9.11. The standard InChI is InChI=1S/C22H29NO2S/c1-3-15-25-21-9-5-4-7-20(21)8-6-14-23-22(24)17-26-16-19-12-10-18(2)11-13-19/h4-5,7,9-13H,3,6,8,14-17H2,1-2H3,(H,23,24). The number of benzene rings is 2. The van der Waals surface area contributed by atoms with Crippen LogP contribution >= 0.6 is 11.8 Å². The van der Waals surface area contributed by atoms with Gasteiger partial charge in [0.25, 0.3) is 0 Å². The molecule has 0 fully saturated rings. The SMILES string of the molecule is CCCOc1ccccc1CCCNC(=O)CSCc1ccc(C)cc1. The summed E-state index contributed by atoms with van der Waals surface area (Å²) >= 11 is 1.65. The number of thioether (sulfide) groups is 1. The van der Waals surface area contributed by atoms with Gasteiger partial charge in [0, 0.05) is 12.3 Å². The minimum atomic E-state index is 0.109. The highest BCUT2D eigenvalue weighted by Gasteiger charge is 2.04. The molecule has 0 aliphatic rings. The molecule has 2 rings (SSSR count). The van der Waals surface area contributed by atoms with Crippen LogP contribution in [0.2, 0.25) is 0 Å². The van der Waals surface area contributed by atoms with Crippen LogP contribution in [0.1, 0.15) is 36.5 Å². The fourth-order valence-corrected chi connectivity index (χ4v) is 3.38. The van der Waals surface area contributed by atoms with Crippen LogP contribution in [-0.2, 0) is 17.0 Å². The van der Waals surface area contributed by atoms with E-state index in [2.05, 4.69) is 49.5 Å². The van der Waals surface area contributed by atoms with E-state index in [1.807, 2.05) is 18.2 Å². The molecule has 26 heavy (non-hydrogen) atoms. The average molecular weight is 372 g/mol. The number of para-hydroxylation sites is 1. The molecule has 0 spiro atoms. The lowest BCUT2D eigenvalue weighted by Crippen LogP contribution is -2.26. The first-order valence-corrected chi connectivity index (χ1v) is 10.4. The molecular formula is C22H29NO2S. The van der Waals surface area contributed by atoms with Crippen molar-refractivity contribution in [3.05, 3.63) is 65.2 Å². The smallest absolute Gasteiger partial charge is 0.230 e. The first-order valence-electron chi connectivity index (χ1n) is 9.29. The molecule has 0 bridgehead atoms. The van der Waals surface area contributed by atoms with Crippen molar-refractivity contribution in [3.63, 3.8) is 0 Å². The third kappa shape index (κ3) is 7.52. The lowest BCUT2D eigenvalue weighted by atomic mass is 10.1. The van der Waals surface area contributed by atoms with Crippen molar-refractivity contribution in [3.8, 4) is 5.75 Å². The van der Waals surface area contributed by atoms with Gasteiger partial charge in [-0.05, 0) is 43.4 Å². The third-order valence-electron chi connectivity index (χ3n) is 4.00. The monoisotopic (exact) mass is 371 g/mol. The lowest BCUT2D eigenvalue weighted by molar-refractivity contribution is -0.118. The lowest BCUT2D eigenvalue weighted by Gasteiger charge is -2.11. The Balaban J connectivity index is 1.62. The van der Waals surface area contributed by atoms with Gasteiger partial charge < -0.3 is 10.1 Å². The predicted octanol–water partition coefficient (Wildman–Crippen LogP) is 4.77. The molecule has 0 heterocycles. The Bertz CT molecular complexity index is 670. The molecule has 2 aromatic carbocycles. The van der Waals surface area contributed by atoms with Gasteiger partial charge in [0.05, 0.1) is 12.4 Å². The van der Waals surface area contributed by atoms with E-state index in [9.17, 15) is 4.79 Å². The summed E-state index contributed by atoms with van der Waals surface area (Å²) in [5.74, 6) is 2.45. The Labute approximate surface area is 161 Å². The van der Waals surface area contributed by atoms with Gasteiger partial charge >= 0.3 is 0 Å². The Morgan fingerprint density at radius 3 is 2.65 bits per heavy atom. The van der Waals surface area contributed by atoms with Crippen molar-refractivity contribution in [2.45, 2.75) is 38.9 Å². The maximum atomic E-state index is 12.0. The molecule has 3 nitrogen and oxygen atoms in total. The van der Waals surface area contributed by atoms with Crippen molar-refractivity contribution in [2.24, 2.45) is 0 Å². The minimum Gasteiger partial charge on any atom is -0.493 e. The molecule has 0 radical (unpaired) electrons. The number of hydrogen-bond acceptors (Lipinski definition) is 3. The van der Waals surface area contributed by atoms with E-state index < -0.39 is 0 Å². The maximum absolute atomic E-state index is 12.0. The Hall–Kier alpha value is -1.94. The largest absolute Gasteiger partial charge is 0.493 e. The first-order chi connectivity index (χ1) is 12.7. The van der Waals surface area contributed by atoms with Crippen molar-refractivity contribution in [2.75, 3.05) is 18.9 Å². The van der Waals surface area contributed by atoms with Crippen molar-refractivity contribution in [1.29, 1.82) is 0 Å². The van der Waals surface area contributed by atoms with Crippen LogP contribution in [0.25, 0.3) is 0 Å². The third-order valence-corrected chi connectivity index (χ3v) is 5.01. The van der Waals surface area contributed by atoms with Crippen LogP contribution in [0.15, 0.2) is 48.5 Å². The molecule has 4 heteroatoms. The zero-order chi connectivity index (χ0) is 18.6. The van der Waals surface area contributed by atoms with Crippen LogP contribution < -0.4 is 10.1 Å². The molecule has 1 N–H and O–H groups in total. The van der Waals surface area contributed by atoms with E-state index in [1.54, 1.807) is 11.8 Å². The summed E-state index contributed by atoms with van der Waals surface area (Å²) < 4.78 is 5.78. The minimum absolute atomic E-state index is 0.109. The summed E-state index contributed by atoms with van der Waals surface area (Å²) in [4.78, 5) is 12.0. The van der Waals surface area contributed by atoms with Crippen molar-refractivity contribution < 1.29 is 9.53 Å². The summed E-state index contributed by atoms with van der Waals surface area (Å²) in [7, 11) is 0. The fourth-order valence-electron chi connectivity index (χ4n) is 2.57. The molecule has 0 aromatic heterocycles. The van der Waals surface area contributed by atoms with Gasteiger partial charge in [-0.15, -0.1) is 11.8 Å². The predicted molar refractivity (Wildman–Crippen MR) is 111 cm³/mol. The summed E-state index contributed by atoms with van der Waals surface area (Å²) in [5.41, 5.74) is 3.74. The van der Waals surface area contributed by atoms with Gasteiger partial charge in [0.2, 0.25) is 5.91 Å². The second kappa shape index (κ2) is 11.6. The van der Waals surface area contributed by atoms with E-state index in [-0.39, 0.29) is 5.91 Å². The van der Waals surface area contributed by atoms with E-state index in [0.717, 1.165) is 37.4 Å². The van der Waals surface area contributed by atoms with Gasteiger partial charge in [0.1, 0.15) is 5.75 Å². The highest BCUT2D eigenvalue weighted by atomic mass is 32.2. The molecule has 0 saturated heterocycles. The summed E-state index contributed by atoms with van der Waals surface area (Å²) in [6.07, 6.45) is 2.84. The topological polar surface area (TPSA) is 38.3 Å². The van der Waals surface area contributed by atoms with Gasteiger partial charge in [0.15, 0.2) is 0 Å². The summed E-state index contributed by atoms with van der Waals surface area (Å²) in [6, 6.07) is 16.6. The second-order valence-electron chi connectivity index (χ2n) is 6.39. The van der Waals surface area contributed by atoms with Crippen LogP contribution in [0.5, 0.6) is 5.75 Å². The van der Waals surface area contributed by atoms with Crippen LogP contribution in [-0.4, -0.2) is 24.8 Å². The first kappa shape index (κ1) is 20.4. The zero-order valence-electron chi connectivity index (χ0n) is 15.8.